The molecular weight excluding hydrogens is 460 g/mol. The summed E-state index contributed by atoms with van der Waals surface area (Å²) in [6.45, 7) is 2.26. The third kappa shape index (κ3) is 5.54. The molecule has 9 heteroatoms. The highest BCUT2D eigenvalue weighted by Crippen LogP contribution is 2.29. The number of hydrogen-bond donors (Lipinski definition) is 2. The van der Waals surface area contributed by atoms with E-state index in [1.165, 1.54) is 0 Å². The van der Waals surface area contributed by atoms with E-state index in [9.17, 15) is 9.00 Å². The molecule has 0 aliphatic carbocycles. The van der Waals surface area contributed by atoms with Gasteiger partial charge in [0.1, 0.15) is 11.0 Å². The highest BCUT2D eigenvalue weighted by atomic mass is 35.5. The minimum Gasteiger partial charge on any atom is -0.339 e. The molecule has 168 valence electrons. The molecule has 1 unspecified atom stereocenters. The molecule has 0 radical (unpaired) electrons. The Labute approximate surface area is 198 Å². The van der Waals surface area contributed by atoms with Gasteiger partial charge in [0.25, 0.3) is 5.91 Å². The van der Waals surface area contributed by atoms with Crippen LogP contribution in [0.15, 0.2) is 73.1 Å². The zero-order chi connectivity index (χ0) is 23.4. The van der Waals surface area contributed by atoms with Crippen molar-refractivity contribution in [2.24, 2.45) is 0 Å². The predicted molar refractivity (Wildman–Crippen MR) is 130 cm³/mol. The zero-order valence-electron chi connectivity index (χ0n) is 17.7. The van der Waals surface area contributed by atoms with Crippen LogP contribution in [0, 0.1) is 6.92 Å². The van der Waals surface area contributed by atoms with Crippen LogP contribution in [0.25, 0.3) is 11.3 Å². The number of carbonyl (C=O) groups is 1. The van der Waals surface area contributed by atoms with Gasteiger partial charge in [0, 0.05) is 18.1 Å². The third-order valence-electron chi connectivity index (χ3n) is 5.11. The van der Waals surface area contributed by atoms with Gasteiger partial charge in [-0.15, -0.1) is 0 Å². The van der Waals surface area contributed by atoms with E-state index in [0.29, 0.717) is 34.3 Å². The number of nitrogens with zero attached hydrogens (tertiary/aromatic N) is 3. The van der Waals surface area contributed by atoms with E-state index in [0.717, 1.165) is 16.8 Å². The second kappa shape index (κ2) is 10.1. The predicted octanol–water partition coefficient (Wildman–Crippen LogP) is 4.93. The molecule has 2 aromatic heterocycles. The van der Waals surface area contributed by atoms with Crippen LogP contribution in [0.2, 0.25) is 5.15 Å². The van der Waals surface area contributed by atoms with Crippen molar-refractivity contribution in [2.75, 3.05) is 5.32 Å². The van der Waals surface area contributed by atoms with Gasteiger partial charge in [-0.25, -0.2) is 14.2 Å². The van der Waals surface area contributed by atoms with Gasteiger partial charge in [-0.1, -0.05) is 54.1 Å². The molecule has 1 atom stereocenters. The first-order valence-corrected chi connectivity index (χ1v) is 11.8. The zero-order valence-corrected chi connectivity index (χ0v) is 19.3. The Morgan fingerprint density at radius 3 is 2.52 bits per heavy atom. The normalized spacial score (nSPS) is 11.8. The summed E-state index contributed by atoms with van der Waals surface area (Å²) >= 11 is 4.12. The Morgan fingerprint density at radius 1 is 1.12 bits per heavy atom. The summed E-state index contributed by atoms with van der Waals surface area (Å²) in [7, 11) is 0. The molecule has 2 N–H and O–H groups in total. The van der Waals surface area contributed by atoms with Gasteiger partial charge in [0.05, 0.1) is 23.6 Å². The molecule has 4 rings (SSSR count). The molecule has 2 aromatic carbocycles. The van der Waals surface area contributed by atoms with Crippen LogP contribution in [0.1, 0.15) is 27.3 Å². The Kier molecular flexibility index (Phi) is 6.98. The summed E-state index contributed by atoms with van der Waals surface area (Å²) < 4.78 is 22.0. The van der Waals surface area contributed by atoms with Gasteiger partial charge in [-0.3, -0.25) is 4.79 Å². The van der Waals surface area contributed by atoms with Crippen molar-refractivity contribution < 1.29 is 13.6 Å². The average Bonchev–Trinajstić information content (AvgIpc) is 3.11. The highest BCUT2D eigenvalue weighted by molar-refractivity contribution is 7.78. The van der Waals surface area contributed by atoms with E-state index in [1.54, 1.807) is 42.7 Å². The molecule has 0 bridgehead atoms. The fraction of sp³-hybridized carbons (Fsp3) is 0.125. The molecule has 0 saturated carbocycles. The Bertz CT molecular complexity index is 1310. The first-order valence-electron chi connectivity index (χ1n) is 10.1. The van der Waals surface area contributed by atoms with Gasteiger partial charge in [0.2, 0.25) is 0 Å². The number of nitrogens with one attached hydrogen (secondary N) is 1. The summed E-state index contributed by atoms with van der Waals surface area (Å²) in [5.74, 6) is 0.328. The molecule has 0 aliphatic heterocycles. The SMILES string of the molecule is Cc1c(C(=O)Nc2ccc(CS(=O)O)cc2)cn(Cc2nccc(Cl)n2)c1-c1ccccc1. The van der Waals surface area contributed by atoms with E-state index < -0.39 is 11.1 Å². The van der Waals surface area contributed by atoms with Gasteiger partial charge in [0.15, 0.2) is 11.1 Å². The number of aromatic nitrogens is 3. The molecule has 33 heavy (non-hydrogen) atoms. The van der Waals surface area contributed by atoms with E-state index >= 15 is 0 Å². The molecule has 0 fully saturated rings. The number of hydrogen-bond acceptors (Lipinski definition) is 4. The quantitative estimate of drug-likeness (QED) is 0.289. The van der Waals surface area contributed by atoms with Gasteiger partial charge < -0.3 is 14.4 Å². The van der Waals surface area contributed by atoms with Gasteiger partial charge >= 0.3 is 0 Å². The van der Waals surface area contributed by atoms with Crippen molar-refractivity contribution >= 4 is 34.3 Å². The number of carbonyl (C=O) groups excluding carboxylic acids is 1. The van der Waals surface area contributed by atoms with Gasteiger partial charge in [-0.05, 0) is 41.8 Å². The number of amides is 1. The topological polar surface area (TPSA) is 97.1 Å². The van der Waals surface area contributed by atoms with Crippen LogP contribution in [0.4, 0.5) is 5.69 Å². The summed E-state index contributed by atoms with van der Waals surface area (Å²) in [4.78, 5) is 21.7. The van der Waals surface area contributed by atoms with Crippen molar-refractivity contribution in [1.82, 2.24) is 14.5 Å². The molecule has 0 aliphatic rings. The van der Waals surface area contributed by atoms with E-state index in [4.69, 9.17) is 16.2 Å². The summed E-state index contributed by atoms with van der Waals surface area (Å²) in [5, 5.41) is 3.26. The molecule has 1 amide bonds. The number of halogens is 1. The lowest BCUT2D eigenvalue weighted by molar-refractivity contribution is 0.102. The molecule has 0 saturated heterocycles. The third-order valence-corrected chi connectivity index (χ3v) is 5.90. The Hall–Kier alpha value is -3.33. The largest absolute Gasteiger partial charge is 0.339 e. The minimum atomic E-state index is -1.91. The van der Waals surface area contributed by atoms with Crippen LogP contribution >= 0.6 is 11.6 Å². The second-order valence-electron chi connectivity index (χ2n) is 7.42. The van der Waals surface area contributed by atoms with E-state index in [1.807, 2.05) is 41.8 Å². The Morgan fingerprint density at radius 2 is 1.85 bits per heavy atom. The number of benzene rings is 2. The molecule has 0 spiro atoms. The van der Waals surface area contributed by atoms with Crippen molar-refractivity contribution in [3.63, 3.8) is 0 Å². The van der Waals surface area contributed by atoms with Crippen molar-refractivity contribution in [3.05, 3.63) is 101 Å². The standard InChI is InChI=1S/C24H21ClN4O3S/c1-16-20(24(30)27-19-9-7-17(8-10-19)15-33(31)32)13-29(14-22-26-12-11-21(25)28-22)23(16)18-5-3-2-4-6-18/h2-13H,14-15H2,1H3,(H,27,30)(H,31,32). The fourth-order valence-corrected chi connectivity index (χ4v) is 4.25. The Balaban J connectivity index is 1.66. The first-order chi connectivity index (χ1) is 15.9. The first kappa shape index (κ1) is 22.8. The van der Waals surface area contributed by atoms with Crippen molar-refractivity contribution in [1.29, 1.82) is 0 Å². The van der Waals surface area contributed by atoms with Crippen LogP contribution in [-0.2, 0) is 23.4 Å². The fourth-order valence-electron chi connectivity index (χ4n) is 3.62. The summed E-state index contributed by atoms with van der Waals surface area (Å²) in [6.07, 6.45) is 3.40. The molecule has 7 nitrogen and oxygen atoms in total. The highest BCUT2D eigenvalue weighted by Gasteiger charge is 2.20. The second-order valence-corrected chi connectivity index (χ2v) is 8.74. The lowest BCUT2D eigenvalue weighted by Crippen LogP contribution is -2.12. The van der Waals surface area contributed by atoms with Crippen LogP contribution in [-0.4, -0.2) is 29.2 Å². The van der Waals surface area contributed by atoms with Crippen LogP contribution < -0.4 is 5.32 Å². The molecule has 4 aromatic rings. The lowest BCUT2D eigenvalue weighted by atomic mass is 10.1. The number of anilines is 1. The maximum atomic E-state index is 13.1. The van der Waals surface area contributed by atoms with E-state index in [-0.39, 0.29) is 11.7 Å². The maximum Gasteiger partial charge on any atom is 0.257 e. The average molecular weight is 481 g/mol. The monoisotopic (exact) mass is 480 g/mol. The van der Waals surface area contributed by atoms with Crippen LogP contribution in [0.3, 0.4) is 0 Å². The minimum absolute atomic E-state index is 0.0438. The summed E-state index contributed by atoms with van der Waals surface area (Å²) in [6, 6.07) is 18.3. The van der Waals surface area contributed by atoms with E-state index in [2.05, 4.69) is 15.3 Å². The maximum absolute atomic E-state index is 13.1. The van der Waals surface area contributed by atoms with Gasteiger partial charge in [-0.2, -0.15) is 0 Å². The smallest absolute Gasteiger partial charge is 0.257 e. The van der Waals surface area contributed by atoms with Crippen molar-refractivity contribution in [3.8, 4) is 11.3 Å². The molecule has 2 heterocycles. The summed E-state index contributed by atoms with van der Waals surface area (Å²) in [5.41, 5.74) is 4.52. The van der Waals surface area contributed by atoms with Crippen LogP contribution in [0.5, 0.6) is 0 Å². The number of rotatable bonds is 7. The van der Waals surface area contributed by atoms with Crippen molar-refractivity contribution in [2.45, 2.75) is 19.2 Å². The lowest BCUT2D eigenvalue weighted by Gasteiger charge is -2.10. The molecular formula is C24H21ClN4O3S.